The van der Waals surface area contributed by atoms with Crippen molar-refractivity contribution in [1.82, 2.24) is 5.32 Å². The molecule has 4 heteroatoms. The second-order valence-corrected chi connectivity index (χ2v) is 4.41. The Hall–Kier alpha value is -1.26. The number of aliphatic hydroxyl groups is 1. The van der Waals surface area contributed by atoms with E-state index in [2.05, 4.69) is 19.2 Å². The van der Waals surface area contributed by atoms with Gasteiger partial charge < -0.3 is 19.9 Å². The van der Waals surface area contributed by atoms with E-state index in [-0.39, 0.29) is 12.1 Å². The second-order valence-electron chi connectivity index (χ2n) is 4.41. The second kappa shape index (κ2) is 6.61. The molecule has 0 aliphatic carbocycles. The highest BCUT2D eigenvalue weighted by molar-refractivity contribution is 5.44. The summed E-state index contributed by atoms with van der Waals surface area (Å²) < 4.78 is 10.5. The van der Waals surface area contributed by atoms with Gasteiger partial charge >= 0.3 is 0 Å². The zero-order valence-corrected chi connectivity index (χ0v) is 11.6. The maximum Gasteiger partial charge on any atom is 0.161 e. The summed E-state index contributed by atoms with van der Waals surface area (Å²) in [5.74, 6) is 1.42. The number of hydrogen-bond donors (Lipinski definition) is 2. The van der Waals surface area contributed by atoms with Crippen LogP contribution < -0.4 is 14.8 Å². The Morgan fingerprint density at radius 2 is 1.89 bits per heavy atom. The van der Waals surface area contributed by atoms with Crippen LogP contribution in [-0.2, 0) is 5.54 Å². The molecule has 1 aromatic carbocycles. The molecule has 102 valence electrons. The van der Waals surface area contributed by atoms with Crippen LogP contribution in [0.4, 0.5) is 0 Å². The van der Waals surface area contributed by atoms with Crippen molar-refractivity contribution >= 4 is 0 Å². The molecule has 0 heterocycles. The molecule has 1 aromatic rings. The van der Waals surface area contributed by atoms with Gasteiger partial charge in [-0.2, -0.15) is 0 Å². The number of hydrogen-bond acceptors (Lipinski definition) is 4. The van der Waals surface area contributed by atoms with Gasteiger partial charge in [0.2, 0.25) is 0 Å². The first-order valence-electron chi connectivity index (χ1n) is 6.19. The molecule has 2 N–H and O–H groups in total. The summed E-state index contributed by atoms with van der Waals surface area (Å²) in [7, 11) is 3.24. The molecule has 4 nitrogen and oxygen atoms in total. The van der Waals surface area contributed by atoms with Gasteiger partial charge in [0.05, 0.1) is 14.2 Å². The molecule has 1 atom stereocenters. The Labute approximate surface area is 109 Å². The standard InChI is InChI=1S/C14H23NO3/c1-5-15-14(2,8-9-16)11-6-7-12(17-3)13(10-11)18-4/h6-7,10,15-16H,5,8-9H2,1-4H3. The lowest BCUT2D eigenvalue weighted by atomic mass is 9.88. The fraction of sp³-hybridized carbons (Fsp3) is 0.571. The van der Waals surface area contributed by atoms with Crippen molar-refractivity contribution in [3.63, 3.8) is 0 Å². The smallest absolute Gasteiger partial charge is 0.161 e. The highest BCUT2D eigenvalue weighted by Gasteiger charge is 2.25. The summed E-state index contributed by atoms with van der Waals surface area (Å²) in [5, 5.41) is 12.6. The van der Waals surface area contributed by atoms with Gasteiger partial charge in [0.15, 0.2) is 11.5 Å². The van der Waals surface area contributed by atoms with Crippen molar-refractivity contribution in [3.05, 3.63) is 23.8 Å². The molecule has 0 amide bonds. The minimum Gasteiger partial charge on any atom is -0.493 e. The highest BCUT2D eigenvalue weighted by Crippen LogP contribution is 2.33. The van der Waals surface area contributed by atoms with Gasteiger partial charge in [-0.05, 0) is 37.6 Å². The lowest BCUT2D eigenvalue weighted by molar-refractivity contribution is 0.222. The van der Waals surface area contributed by atoms with E-state index in [1.165, 1.54) is 0 Å². The predicted molar refractivity (Wildman–Crippen MR) is 72.3 cm³/mol. The number of rotatable bonds is 7. The van der Waals surface area contributed by atoms with Crippen LogP contribution in [-0.4, -0.2) is 32.5 Å². The van der Waals surface area contributed by atoms with Crippen molar-refractivity contribution < 1.29 is 14.6 Å². The van der Waals surface area contributed by atoms with Gasteiger partial charge in [-0.25, -0.2) is 0 Å². The molecule has 0 aromatic heterocycles. The monoisotopic (exact) mass is 253 g/mol. The third-order valence-electron chi connectivity index (χ3n) is 3.20. The summed E-state index contributed by atoms with van der Waals surface area (Å²) in [6.07, 6.45) is 0.649. The predicted octanol–water partition coefficient (Wildman–Crippen LogP) is 1.91. The molecule has 1 unspecified atom stereocenters. The third kappa shape index (κ3) is 3.15. The number of methoxy groups -OCH3 is 2. The van der Waals surface area contributed by atoms with E-state index in [9.17, 15) is 5.11 Å². The molecule has 0 spiro atoms. The molecule has 0 saturated heterocycles. The number of aliphatic hydroxyl groups excluding tert-OH is 1. The Bertz CT molecular complexity index is 373. The SMILES string of the molecule is CCNC(C)(CCO)c1ccc(OC)c(OC)c1. The van der Waals surface area contributed by atoms with E-state index in [0.29, 0.717) is 17.9 Å². The average Bonchev–Trinajstić information content (AvgIpc) is 2.38. The molecular formula is C14H23NO3. The van der Waals surface area contributed by atoms with E-state index in [1.807, 2.05) is 18.2 Å². The topological polar surface area (TPSA) is 50.7 Å². The van der Waals surface area contributed by atoms with Crippen molar-refractivity contribution in [2.24, 2.45) is 0 Å². The Balaban J connectivity index is 3.12. The quantitative estimate of drug-likeness (QED) is 0.779. The van der Waals surface area contributed by atoms with Gasteiger partial charge in [0, 0.05) is 12.1 Å². The largest absolute Gasteiger partial charge is 0.493 e. The fourth-order valence-corrected chi connectivity index (χ4v) is 2.13. The number of ether oxygens (including phenoxy) is 2. The first-order valence-corrected chi connectivity index (χ1v) is 6.19. The first-order chi connectivity index (χ1) is 8.61. The summed E-state index contributed by atoms with van der Waals surface area (Å²) >= 11 is 0. The van der Waals surface area contributed by atoms with E-state index in [1.54, 1.807) is 14.2 Å². The van der Waals surface area contributed by atoms with Crippen molar-refractivity contribution in [2.45, 2.75) is 25.8 Å². The molecule has 0 fully saturated rings. The van der Waals surface area contributed by atoms with Gasteiger partial charge in [-0.15, -0.1) is 0 Å². The van der Waals surface area contributed by atoms with Crippen LogP contribution in [0.15, 0.2) is 18.2 Å². The Morgan fingerprint density at radius 1 is 1.22 bits per heavy atom. The molecule has 0 bridgehead atoms. The van der Waals surface area contributed by atoms with E-state index in [0.717, 1.165) is 12.1 Å². The molecule has 0 saturated carbocycles. The Kier molecular flexibility index (Phi) is 5.44. The van der Waals surface area contributed by atoms with Crippen LogP contribution in [0.1, 0.15) is 25.8 Å². The van der Waals surface area contributed by atoms with Gasteiger partial charge in [-0.3, -0.25) is 0 Å². The molecule has 0 aliphatic rings. The molecule has 18 heavy (non-hydrogen) atoms. The van der Waals surface area contributed by atoms with E-state index >= 15 is 0 Å². The van der Waals surface area contributed by atoms with Crippen LogP contribution in [0.25, 0.3) is 0 Å². The zero-order chi connectivity index (χ0) is 13.6. The first kappa shape index (κ1) is 14.8. The lowest BCUT2D eigenvalue weighted by Crippen LogP contribution is -2.40. The normalized spacial score (nSPS) is 14.1. The summed E-state index contributed by atoms with van der Waals surface area (Å²) in [6, 6.07) is 5.85. The lowest BCUT2D eigenvalue weighted by Gasteiger charge is -2.31. The summed E-state index contributed by atoms with van der Waals surface area (Å²) in [6.45, 7) is 5.10. The fourth-order valence-electron chi connectivity index (χ4n) is 2.13. The zero-order valence-electron chi connectivity index (χ0n) is 11.6. The van der Waals surface area contributed by atoms with Gasteiger partial charge in [0.1, 0.15) is 0 Å². The molecule has 0 radical (unpaired) electrons. The van der Waals surface area contributed by atoms with Crippen molar-refractivity contribution in [1.29, 1.82) is 0 Å². The van der Waals surface area contributed by atoms with Gasteiger partial charge in [0.25, 0.3) is 0 Å². The minimum absolute atomic E-state index is 0.137. The van der Waals surface area contributed by atoms with Gasteiger partial charge in [-0.1, -0.05) is 13.0 Å². The van der Waals surface area contributed by atoms with E-state index in [4.69, 9.17) is 9.47 Å². The summed E-state index contributed by atoms with van der Waals surface area (Å²) in [4.78, 5) is 0. The maximum atomic E-state index is 9.22. The van der Waals surface area contributed by atoms with Crippen LogP contribution in [0.2, 0.25) is 0 Å². The van der Waals surface area contributed by atoms with Crippen LogP contribution >= 0.6 is 0 Å². The average molecular weight is 253 g/mol. The number of nitrogens with one attached hydrogen (secondary N) is 1. The molecule has 0 aliphatic heterocycles. The third-order valence-corrected chi connectivity index (χ3v) is 3.20. The van der Waals surface area contributed by atoms with E-state index < -0.39 is 0 Å². The molecule has 1 rings (SSSR count). The number of benzene rings is 1. The summed E-state index contributed by atoms with van der Waals surface area (Å²) in [5.41, 5.74) is 0.819. The maximum absolute atomic E-state index is 9.22. The highest BCUT2D eigenvalue weighted by atomic mass is 16.5. The Morgan fingerprint density at radius 3 is 2.39 bits per heavy atom. The molecular weight excluding hydrogens is 230 g/mol. The van der Waals surface area contributed by atoms with Crippen LogP contribution in [0.3, 0.4) is 0 Å². The van der Waals surface area contributed by atoms with Crippen LogP contribution in [0.5, 0.6) is 11.5 Å². The van der Waals surface area contributed by atoms with Crippen molar-refractivity contribution in [3.8, 4) is 11.5 Å². The minimum atomic E-state index is -0.261. The van der Waals surface area contributed by atoms with Crippen molar-refractivity contribution in [2.75, 3.05) is 27.4 Å². The van der Waals surface area contributed by atoms with Crippen LogP contribution in [0, 0.1) is 0 Å².